The van der Waals surface area contributed by atoms with E-state index in [1.165, 1.54) is 0 Å². The van der Waals surface area contributed by atoms with Crippen molar-refractivity contribution in [3.63, 3.8) is 0 Å². The van der Waals surface area contributed by atoms with Crippen LogP contribution in [0.2, 0.25) is 5.02 Å². The van der Waals surface area contributed by atoms with Gasteiger partial charge >= 0.3 is 0 Å². The molecule has 1 N–H and O–H groups in total. The first-order valence-corrected chi connectivity index (χ1v) is 13.9. The summed E-state index contributed by atoms with van der Waals surface area (Å²) in [6.45, 7) is 12.0. The van der Waals surface area contributed by atoms with Crippen molar-refractivity contribution in [2.24, 2.45) is 0 Å². The molecule has 1 atom stereocenters. The summed E-state index contributed by atoms with van der Waals surface area (Å²) in [5.74, 6) is 0. The van der Waals surface area contributed by atoms with E-state index in [9.17, 15) is 5.11 Å². The number of aliphatic hydroxyl groups excluding tert-OH is 1. The van der Waals surface area contributed by atoms with Gasteiger partial charge in [-0.15, -0.1) is 11.3 Å². The monoisotopic (exact) mass is 545 g/mol. The number of aryl methyl sites for hydroxylation is 3. The minimum Gasteiger partial charge on any atom is -0.393 e. The van der Waals surface area contributed by atoms with Crippen LogP contribution in [0, 0.1) is 20.8 Å². The molecule has 2 aromatic heterocycles. The van der Waals surface area contributed by atoms with E-state index in [-0.39, 0.29) is 6.61 Å². The van der Waals surface area contributed by atoms with Crippen LogP contribution >= 0.6 is 22.9 Å². The van der Waals surface area contributed by atoms with Crippen molar-refractivity contribution in [2.45, 2.75) is 53.2 Å². The van der Waals surface area contributed by atoms with Gasteiger partial charge in [0.2, 0.25) is 0 Å². The van der Waals surface area contributed by atoms with Gasteiger partial charge in [0.05, 0.1) is 33.8 Å². The highest BCUT2D eigenvalue weighted by atomic mass is 35.5. The number of halogens is 1. The predicted molar refractivity (Wildman–Crippen MR) is 157 cm³/mol. The maximum Gasteiger partial charge on any atom is 0.124 e. The highest BCUT2D eigenvalue weighted by molar-refractivity contribution is 7.22. The highest BCUT2D eigenvalue weighted by Gasteiger charge is 2.27. The lowest BCUT2D eigenvalue weighted by atomic mass is 9.91. The van der Waals surface area contributed by atoms with E-state index in [1.807, 2.05) is 62.7 Å². The van der Waals surface area contributed by atoms with Gasteiger partial charge in [-0.05, 0) is 94.6 Å². The molecule has 5 nitrogen and oxygen atoms in total. The van der Waals surface area contributed by atoms with Crippen molar-refractivity contribution in [2.75, 3.05) is 6.61 Å². The number of rotatable bonds is 6. The molecule has 0 aliphatic heterocycles. The first kappa shape index (κ1) is 26.6. The van der Waals surface area contributed by atoms with Crippen LogP contribution in [0.25, 0.3) is 37.6 Å². The molecular weight excluding hydrogens is 514 g/mol. The molecule has 7 heteroatoms. The molecule has 0 bridgehead atoms. The summed E-state index contributed by atoms with van der Waals surface area (Å²) in [6, 6.07) is 20.3. The molecule has 0 aliphatic rings. The lowest BCUT2D eigenvalue weighted by molar-refractivity contribution is -0.0821. The minimum absolute atomic E-state index is 0.124. The van der Waals surface area contributed by atoms with Crippen LogP contribution in [-0.2, 0) is 4.74 Å². The number of hydrogen-bond donors (Lipinski definition) is 1. The third-order valence-electron chi connectivity index (χ3n) is 6.39. The highest BCUT2D eigenvalue weighted by Crippen LogP contribution is 2.44. The molecule has 0 spiro atoms. The quantitative estimate of drug-likeness (QED) is 0.233. The Morgan fingerprint density at radius 3 is 2.37 bits per heavy atom. The average Bonchev–Trinajstić information content (AvgIpc) is 3.44. The molecular formula is C31H32ClN3O2S. The third-order valence-corrected chi connectivity index (χ3v) is 7.78. The molecule has 5 aromatic rings. The zero-order valence-electron chi connectivity index (χ0n) is 22.5. The summed E-state index contributed by atoms with van der Waals surface area (Å²) in [7, 11) is 0. The minimum atomic E-state index is -0.481. The van der Waals surface area contributed by atoms with Crippen molar-refractivity contribution < 1.29 is 9.84 Å². The molecule has 0 saturated heterocycles. The van der Waals surface area contributed by atoms with Gasteiger partial charge in [0.1, 0.15) is 11.1 Å². The summed E-state index contributed by atoms with van der Waals surface area (Å²) in [5, 5.41) is 16.7. The fraction of sp³-hybridized carbons (Fsp3) is 0.290. The van der Waals surface area contributed by atoms with Crippen LogP contribution in [-0.4, -0.2) is 32.1 Å². The standard InChI is InChI=1S/C31H32ClN3O2S/c1-18-14-25-29(28(21-10-12-23(32)13-11-21)27(18)26(17-36)37-31(4,5)6)38-30(33-25)22-8-7-9-24(16-22)35-20(3)15-19(2)34-35/h7-16,26,36H,17H2,1-6H3/t26-/m1/s1. The Kier molecular flexibility index (Phi) is 7.18. The van der Waals surface area contributed by atoms with Gasteiger partial charge in [0, 0.05) is 21.8 Å². The Balaban J connectivity index is 1.72. The zero-order valence-corrected chi connectivity index (χ0v) is 24.1. The van der Waals surface area contributed by atoms with E-state index in [4.69, 9.17) is 21.3 Å². The number of thiazole rings is 1. The Morgan fingerprint density at radius 2 is 1.74 bits per heavy atom. The van der Waals surface area contributed by atoms with Crippen LogP contribution in [0.4, 0.5) is 0 Å². The summed E-state index contributed by atoms with van der Waals surface area (Å²) in [5.41, 5.74) is 8.64. The lowest BCUT2D eigenvalue weighted by Crippen LogP contribution is -2.25. The third kappa shape index (κ3) is 5.27. The van der Waals surface area contributed by atoms with Crippen LogP contribution in [0.1, 0.15) is 49.4 Å². The maximum atomic E-state index is 10.4. The van der Waals surface area contributed by atoms with Crippen LogP contribution in [0.3, 0.4) is 0 Å². The van der Waals surface area contributed by atoms with Gasteiger partial charge in [-0.3, -0.25) is 0 Å². The zero-order chi connectivity index (χ0) is 27.2. The van der Waals surface area contributed by atoms with Gasteiger partial charge < -0.3 is 9.84 Å². The Morgan fingerprint density at radius 1 is 1.00 bits per heavy atom. The Labute approximate surface area is 232 Å². The maximum absolute atomic E-state index is 10.4. The van der Waals surface area contributed by atoms with E-state index >= 15 is 0 Å². The largest absolute Gasteiger partial charge is 0.393 e. The molecule has 0 fully saturated rings. The molecule has 5 rings (SSSR count). The molecule has 0 saturated carbocycles. The van der Waals surface area contributed by atoms with Crippen LogP contribution in [0.5, 0.6) is 0 Å². The van der Waals surface area contributed by atoms with Crippen molar-refractivity contribution >= 4 is 33.2 Å². The Bertz CT molecular complexity index is 1610. The summed E-state index contributed by atoms with van der Waals surface area (Å²) < 4.78 is 9.37. The molecule has 38 heavy (non-hydrogen) atoms. The summed E-state index contributed by atoms with van der Waals surface area (Å²) in [4.78, 5) is 5.07. The smallest absolute Gasteiger partial charge is 0.124 e. The molecule has 2 heterocycles. The van der Waals surface area contributed by atoms with E-state index in [1.54, 1.807) is 11.3 Å². The lowest BCUT2D eigenvalue weighted by Gasteiger charge is -2.29. The fourth-order valence-corrected chi connectivity index (χ4v) is 6.18. The van der Waals surface area contributed by atoms with E-state index in [2.05, 4.69) is 49.3 Å². The average molecular weight is 546 g/mol. The van der Waals surface area contributed by atoms with E-state index in [0.717, 1.165) is 60.1 Å². The predicted octanol–water partition coefficient (Wildman–Crippen LogP) is 8.24. The van der Waals surface area contributed by atoms with Gasteiger partial charge in [0.15, 0.2) is 0 Å². The second kappa shape index (κ2) is 10.3. The van der Waals surface area contributed by atoms with Gasteiger partial charge in [-0.25, -0.2) is 9.67 Å². The molecule has 0 unspecified atom stereocenters. The van der Waals surface area contributed by atoms with Gasteiger partial charge in [-0.1, -0.05) is 35.9 Å². The molecule has 196 valence electrons. The number of ether oxygens (including phenoxy) is 1. The Hall–Kier alpha value is -3.03. The number of aromatic nitrogens is 3. The molecule has 0 aliphatic carbocycles. The molecule has 3 aromatic carbocycles. The first-order chi connectivity index (χ1) is 18.0. The van der Waals surface area contributed by atoms with Crippen LogP contribution in [0.15, 0.2) is 60.7 Å². The van der Waals surface area contributed by atoms with Crippen LogP contribution < -0.4 is 0 Å². The molecule has 0 amide bonds. The van der Waals surface area contributed by atoms with Gasteiger partial charge in [-0.2, -0.15) is 5.10 Å². The number of fused-ring (bicyclic) bond motifs is 1. The van der Waals surface area contributed by atoms with Gasteiger partial charge in [0.25, 0.3) is 0 Å². The van der Waals surface area contributed by atoms with E-state index < -0.39 is 11.7 Å². The first-order valence-electron chi connectivity index (χ1n) is 12.7. The summed E-state index contributed by atoms with van der Waals surface area (Å²) in [6.07, 6.45) is -0.481. The molecule has 0 radical (unpaired) electrons. The number of benzene rings is 3. The van der Waals surface area contributed by atoms with Crippen molar-refractivity contribution in [3.05, 3.63) is 88.2 Å². The normalized spacial score (nSPS) is 12.8. The number of hydrogen-bond acceptors (Lipinski definition) is 5. The van der Waals surface area contributed by atoms with E-state index in [0.29, 0.717) is 5.02 Å². The number of nitrogens with zero attached hydrogens (tertiary/aromatic N) is 3. The second-order valence-corrected chi connectivity index (χ2v) is 12.1. The van der Waals surface area contributed by atoms with Crippen molar-refractivity contribution in [1.29, 1.82) is 0 Å². The SMILES string of the molecule is Cc1cc(C)n(-c2cccc(-c3nc4cc(C)c([C@@H](CO)OC(C)(C)C)c(-c5ccc(Cl)cc5)c4s3)c2)n1. The summed E-state index contributed by atoms with van der Waals surface area (Å²) >= 11 is 7.89. The van der Waals surface area contributed by atoms with Crippen molar-refractivity contribution in [3.8, 4) is 27.4 Å². The fourth-order valence-electron chi connectivity index (χ4n) is 4.93. The topological polar surface area (TPSA) is 60.2 Å². The number of aliphatic hydroxyl groups is 1. The van der Waals surface area contributed by atoms with Crippen molar-refractivity contribution in [1.82, 2.24) is 14.8 Å². The second-order valence-electron chi connectivity index (χ2n) is 10.6.